The Hall–Kier alpha value is -2.95. The lowest BCUT2D eigenvalue weighted by atomic mass is 10.2. The van der Waals surface area contributed by atoms with Gasteiger partial charge in [-0.15, -0.1) is 5.10 Å². The molecule has 23 heavy (non-hydrogen) atoms. The average Bonchev–Trinajstić information content (AvgIpc) is 2.80. The smallest absolute Gasteiger partial charge is 0.311 e. The number of hydrogen-bond donors (Lipinski definition) is 3. The molecule has 2 rings (SSSR count). The molecule has 3 N–H and O–H groups in total. The summed E-state index contributed by atoms with van der Waals surface area (Å²) in [6.07, 6.45) is 0.747. The van der Waals surface area contributed by atoms with Gasteiger partial charge in [0.25, 0.3) is 0 Å². The molecular weight excluding hydrogens is 328 g/mol. The molecule has 1 aliphatic rings. The maximum Gasteiger partial charge on any atom is 0.311 e. The number of nitro groups is 1. The lowest BCUT2D eigenvalue weighted by Crippen LogP contribution is -2.26. The van der Waals surface area contributed by atoms with Gasteiger partial charge >= 0.3 is 11.7 Å². The molecule has 0 bridgehead atoms. The fraction of sp³-hybridized carbons (Fsp3) is 0.167. The van der Waals surface area contributed by atoms with Crippen LogP contribution in [-0.4, -0.2) is 43.6 Å². The third-order valence-corrected chi connectivity index (χ3v) is 3.80. The maximum atomic E-state index is 11.5. The maximum absolute atomic E-state index is 11.5. The highest BCUT2D eigenvalue weighted by atomic mass is 32.2. The molecular formula is C12H10N4O6S. The molecule has 10 nitrogen and oxygen atoms in total. The molecule has 1 atom stereocenters. The molecule has 1 fully saturated rings. The topological polar surface area (TPSA) is 154 Å². The summed E-state index contributed by atoms with van der Waals surface area (Å²) in [6.45, 7) is 0. The molecule has 0 unspecified atom stereocenters. The molecule has 0 aliphatic carbocycles. The van der Waals surface area contributed by atoms with Gasteiger partial charge in [0, 0.05) is 11.6 Å². The van der Waals surface area contributed by atoms with Crippen LogP contribution in [0.15, 0.2) is 28.4 Å². The number of nitro benzene ring substituents is 1. The van der Waals surface area contributed by atoms with E-state index in [4.69, 9.17) is 5.11 Å². The van der Waals surface area contributed by atoms with E-state index in [1.165, 1.54) is 12.1 Å². The number of amides is 1. The fourth-order valence-electron chi connectivity index (χ4n) is 1.69. The Kier molecular flexibility index (Phi) is 4.91. The standard InChI is InChI=1S/C12H10N4O6S/c17-9(18)4-8-11(20)14-12(23-8)15-13-5-6-2-1-3-7(10(6)19)16(21)22/h1-3,5,8,19H,4H2,(H,17,18)(H,14,15,20)/b13-5+/t8-/m0/s1. The Labute approximate surface area is 133 Å². The summed E-state index contributed by atoms with van der Waals surface area (Å²) in [5, 5.41) is 38.1. The van der Waals surface area contributed by atoms with Crippen molar-refractivity contribution >= 4 is 40.7 Å². The van der Waals surface area contributed by atoms with E-state index in [0.717, 1.165) is 24.0 Å². The number of carboxylic acids is 1. The Morgan fingerprint density at radius 1 is 1.52 bits per heavy atom. The molecule has 1 heterocycles. The number of carboxylic acid groups (broad SMARTS) is 1. The normalized spacial score (nSPS) is 19.2. The van der Waals surface area contributed by atoms with Crippen molar-refractivity contribution in [3.8, 4) is 5.75 Å². The van der Waals surface area contributed by atoms with Crippen molar-refractivity contribution in [2.45, 2.75) is 11.7 Å². The molecule has 120 valence electrons. The Morgan fingerprint density at radius 2 is 2.26 bits per heavy atom. The summed E-state index contributed by atoms with van der Waals surface area (Å²) >= 11 is 0.919. The number of benzene rings is 1. The van der Waals surface area contributed by atoms with Gasteiger partial charge < -0.3 is 15.5 Å². The molecule has 1 aromatic carbocycles. The first-order chi connectivity index (χ1) is 10.9. The van der Waals surface area contributed by atoms with E-state index in [2.05, 4.69) is 15.5 Å². The number of hydrogen-bond acceptors (Lipinski definition) is 8. The summed E-state index contributed by atoms with van der Waals surface area (Å²) in [4.78, 5) is 32.0. The average molecular weight is 338 g/mol. The van der Waals surface area contributed by atoms with Crippen molar-refractivity contribution in [1.82, 2.24) is 5.32 Å². The van der Waals surface area contributed by atoms with Crippen molar-refractivity contribution in [2.24, 2.45) is 10.2 Å². The highest BCUT2D eigenvalue weighted by Crippen LogP contribution is 2.28. The fourth-order valence-corrected chi connectivity index (χ4v) is 2.60. The van der Waals surface area contributed by atoms with Gasteiger partial charge in [0.2, 0.25) is 11.7 Å². The van der Waals surface area contributed by atoms with Crippen LogP contribution in [0.2, 0.25) is 0 Å². The minimum Gasteiger partial charge on any atom is -0.502 e. The van der Waals surface area contributed by atoms with Gasteiger partial charge in [-0.05, 0) is 6.07 Å². The predicted molar refractivity (Wildman–Crippen MR) is 81.6 cm³/mol. The molecule has 1 saturated heterocycles. The van der Waals surface area contributed by atoms with Gasteiger partial charge in [-0.1, -0.05) is 17.8 Å². The molecule has 1 aliphatic heterocycles. The summed E-state index contributed by atoms with van der Waals surface area (Å²) in [5.74, 6) is -2.14. The van der Waals surface area contributed by atoms with Gasteiger partial charge in [-0.25, -0.2) is 0 Å². The van der Waals surface area contributed by atoms with Crippen molar-refractivity contribution in [3.63, 3.8) is 0 Å². The number of nitrogens with zero attached hydrogens (tertiary/aromatic N) is 3. The van der Waals surface area contributed by atoms with Gasteiger partial charge in [0.1, 0.15) is 5.25 Å². The van der Waals surface area contributed by atoms with E-state index < -0.39 is 33.5 Å². The van der Waals surface area contributed by atoms with E-state index in [0.29, 0.717) is 0 Å². The monoisotopic (exact) mass is 338 g/mol. The number of aromatic hydroxyl groups is 1. The van der Waals surface area contributed by atoms with Crippen LogP contribution in [0.25, 0.3) is 0 Å². The van der Waals surface area contributed by atoms with Crippen molar-refractivity contribution in [2.75, 3.05) is 0 Å². The molecule has 11 heteroatoms. The van der Waals surface area contributed by atoms with Crippen LogP contribution >= 0.6 is 11.8 Å². The van der Waals surface area contributed by atoms with E-state index in [1.54, 1.807) is 0 Å². The zero-order chi connectivity index (χ0) is 17.0. The van der Waals surface area contributed by atoms with Crippen LogP contribution in [0, 0.1) is 10.1 Å². The first kappa shape index (κ1) is 16.4. The summed E-state index contributed by atoms with van der Waals surface area (Å²) in [6, 6.07) is 3.92. The van der Waals surface area contributed by atoms with Crippen LogP contribution in [-0.2, 0) is 9.59 Å². The summed E-state index contributed by atoms with van der Waals surface area (Å²) in [7, 11) is 0. The highest BCUT2D eigenvalue weighted by molar-refractivity contribution is 8.15. The van der Waals surface area contributed by atoms with Gasteiger partial charge in [-0.2, -0.15) is 5.10 Å². The van der Waals surface area contributed by atoms with E-state index in [9.17, 15) is 24.8 Å². The lowest BCUT2D eigenvalue weighted by molar-refractivity contribution is -0.385. The Balaban J connectivity index is 2.10. The van der Waals surface area contributed by atoms with Crippen molar-refractivity contribution < 1.29 is 24.7 Å². The minimum absolute atomic E-state index is 0.0833. The van der Waals surface area contributed by atoms with E-state index in [1.807, 2.05) is 0 Å². The van der Waals surface area contributed by atoms with Gasteiger partial charge in [0.15, 0.2) is 5.17 Å². The first-order valence-corrected chi connectivity index (χ1v) is 7.03. The summed E-state index contributed by atoms with van der Waals surface area (Å²) in [5.41, 5.74) is -0.383. The number of carbonyl (C=O) groups is 2. The van der Waals surface area contributed by atoms with Crippen LogP contribution in [0.4, 0.5) is 5.69 Å². The lowest BCUT2D eigenvalue weighted by Gasteiger charge is -1.98. The molecule has 0 saturated carbocycles. The quantitative estimate of drug-likeness (QED) is 0.405. The molecule has 1 aromatic rings. The Bertz CT molecular complexity index is 732. The number of aliphatic carboxylic acids is 1. The molecule has 1 amide bonds. The zero-order valence-electron chi connectivity index (χ0n) is 11.4. The minimum atomic E-state index is -1.11. The largest absolute Gasteiger partial charge is 0.502 e. The highest BCUT2D eigenvalue weighted by Gasteiger charge is 2.32. The number of nitrogens with one attached hydrogen (secondary N) is 1. The Morgan fingerprint density at radius 3 is 2.91 bits per heavy atom. The van der Waals surface area contributed by atoms with Crippen LogP contribution in [0.5, 0.6) is 5.75 Å². The molecule has 0 radical (unpaired) electrons. The number of para-hydroxylation sites is 1. The number of phenolic OH excluding ortho intramolecular Hbond substituents is 1. The van der Waals surface area contributed by atoms with Crippen molar-refractivity contribution in [1.29, 1.82) is 0 Å². The van der Waals surface area contributed by atoms with E-state index in [-0.39, 0.29) is 17.2 Å². The first-order valence-electron chi connectivity index (χ1n) is 6.15. The zero-order valence-corrected chi connectivity index (χ0v) is 12.2. The second-order valence-corrected chi connectivity index (χ2v) is 5.51. The van der Waals surface area contributed by atoms with Crippen LogP contribution in [0.1, 0.15) is 12.0 Å². The second-order valence-electron chi connectivity index (χ2n) is 4.32. The number of phenols is 1. The van der Waals surface area contributed by atoms with Crippen LogP contribution < -0.4 is 5.32 Å². The second kappa shape index (κ2) is 6.87. The third-order valence-electron chi connectivity index (χ3n) is 2.72. The number of thioether (sulfide) groups is 1. The summed E-state index contributed by atoms with van der Waals surface area (Å²) < 4.78 is 0. The molecule has 0 spiro atoms. The SMILES string of the molecule is O=C(O)C[C@@H]1S/C(=N/N=C/c2cccc([N+](=O)[O-])c2O)NC1=O. The molecule has 0 aromatic heterocycles. The van der Waals surface area contributed by atoms with Crippen molar-refractivity contribution in [3.05, 3.63) is 33.9 Å². The van der Waals surface area contributed by atoms with Gasteiger partial charge in [0.05, 0.1) is 17.6 Å². The number of amidine groups is 1. The number of carbonyl (C=O) groups excluding carboxylic acids is 1. The predicted octanol–water partition coefficient (Wildman–Crippen LogP) is 0.697. The van der Waals surface area contributed by atoms with Crippen LogP contribution in [0.3, 0.4) is 0 Å². The van der Waals surface area contributed by atoms with E-state index >= 15 is 0 Å². The number of rotatable bonds is 5. The third kappa shape index (κ3) is 4.03. The van der Waals surface area contributed by atoms with Gasteiger partial charge in [-0.3, -0.25) is 19.7 Å².